The zero-order valence-corrected chi connectivity index (χ0v) is 24.9. The maximum Gasteiger partial charge on any atom is 0.0612 e. The summed E-state index contributed by atoms with van der Waals surface area (Å²) >= 11 is 0. The van der Waals surface area contributed by atoms with Gasteiger partial charge in [0.05, 0.1) is 5.52 Å². The van der Waals surface area contributed by atoms with Crippen LogP contribution in [0.2, 0.25) is 0 Å². The number of nitrogens with zero attached hydrogens (tertiary/aromatic N) is 2. The minimum absolute atomic E-state index is 0.229. The van der Waals surface area contributed by atoms with Gasteiger partial charge in [-0.05, 0) is 71.3 Å². The molecule has 0 saturated carbocycles. The van der Waals surface area contributed by atoms with E-state index < -0.39 is 0 Å². The van der Waals surface area contributed by atoms with Gasteiger partial charge in [0, 0.05) is 59.6 Å². The lowest BCUT2D eigenvalue weighted by molar-refractivity contribution is 0.464. The topological polar surface area (TPSA) is 20.2 Å². The summed E-state index contributed by atoms with van der Waals surface area (Å²) < 4.78 is 2.49. The molecule has 1 N–H and O–H groups in total. The SMILES string of the molecule is C=CC(Cc1c(C)c2ccc3cc(C4=CC=C(C5=CC=CCN5C)CN4)ccc3c2n1-c1ccccc1)c1ccccc1. The quantitative estimate of drug-likeness (QED) is 0.201. The van der Waals surface area contributed by atoms with E-state index in [9.17, 15) is 0 Å². The molecule has 0 fully saturated rings. The molecule has 3 heteroatoms. The van der Waals surface area contributed by atoms with Gasteiger partial charge in [-0.3, -0.25) is 0 Å². The molecule has 2 aliphatic heterocycles. The molecule has 1 unspecified atom stereocenters. The molecule has 3 nitrogen and oxygen atoms in total. The third kappa shape index (κ3) is 4.91. The van der Waals surface area contributed by atoms with Gasteiger partial charge in [0.15, 0.2) is 0 Å². The van der Waals surface area contributed by atoms with E-state index in [2.05, 4.69) is 163 Å². The van der Waals surface area contributed by atoms with Gasteiger partial charge >= 0.3 is 0 Å². The molecular weight excluding hydrogens is 522 g/mol. The number of rotatable bonds is 7. The highest BCUT2D eigenvalue weighted by Crippen LogP contribution is 2.38. The second-order valence-corrected chi connectivity index (χ2v) is 11.6. The number of aryl methyl sites for hydroxylation is 1. The maximum atomic E-state index is 4.23. The summed E-state index contributed by atoms with van der Waals surface area (Å²) in [6, 6.07) is 33.0. The van der Waals surface area contributed by atoms with E-state index in [1.807, 2.05) is 0 Å². The van der Waals surface area contributed by atoms with Gasteiger partial charge in [-0.1, -0.05) is 97.1 Å². The Bertz CT molecular complexity index is 1950. The molecule has 0 amide bonds. The van der Waals surface area contributed by atoms with Crippen molar-refractivity contribution in [2.45, 2.75) is 19.3 Å². The number of benzene rings is 4. The minimum atomic E-state index is 0.229. The number of hydrogen-bond donors (Lipinski definition) is 1. The first-order valence-electron chi connectivity index (χ1n) is 15.2. The van der Waals surface area contributed by atoms with Crippen molar-refractivity contribution in [2.75, 3.05) is 20.1 Å². The standard InChI is InChI=1S/C40H37N3/c1-4-29(30-13-7-5-8-14-30)26-39-28(2)35-21-18-31-25-32(19-22-36(31)40(35)43(39)34-15-9-6-10-16-34)37-23-20-33(27-41-37)38-17-11-12-24-42(38)3/h4-23,25,29,41H,1,24,26-27H2,2-3H3. The second kappa shape index (κ2) is 11.3. The maximum absolute atomic E-state index is 4.23. The van der Waals surface area contributed by atoms with Gasteiger partial charge in [-0.15, -0.1) is 6.58 Å². The molecule has 2 aliphatic rings. The monoisotopic (exact) mass is 559 g/mol. The molecule has 3 heterocycles. The van der Waals surface area contributed by atoms with Crippen LogP contribution in [-0.4, -0.2) is 29.6 Å². The Kier molecular flexibility index (Phi) is 7.08. The number of dihydropyridines is 1. The van der Waals surface area contributed by atoms with Crippen LogP contribution in [0.4, 0.5) is 0 Å². The van der Waals surface area contributed by atoms with Gasteiger partial charge < -0.3 is 14.8 Å². The molecule has 4 aromatic carbocycles. The number of fused-ring (bicyclic) bond motifs is 3. The number of aromatic nitrogens is 1. The second-order valence-electron chi connectivity index (χ2n) is 11.6. The lowest BCUT2D eigenvalue weighted by Gasteiger charge is -2.28. The molecule has 1 aromatic heterocycles. The van der Waals surface area contributed by atoms with Crippen LogP contribution in [0.15, 0.2) is 145 Å². The van der Waals surface area contributed by atoms with Crippen LogP contribution in [0.25, 0.3) is 33.1 Å². The fourth-order valence-corrected chi connectivity index (χ4v) is 6.66. The van der Waals surface area contributed by atoms with E-state index in [-0.39, 0.29) is 5.92 Å². The summed E-state index contributed by atoms with van der Waals surface area (Å²) in [7, 11) is 2.15. The number of likely N-dealkylation sites (N-methyl/N-ethyl adjacent to an activating group) is 1. The van der Waals surface area contributed by atoms with Crippen LogP contribution in [0.3, 0.4) is 0 Å². The molecule has 0 bridgehead atoms. The highest BCUT2D eigenvalue weighted by Gasteiger charge is 2.21. The minimum Gasteiger partial charge on any atom is -0.380 e. The zero-order valence-electron chi connectivity index (χ0n) is 24.9. The first-order chi connectivity index (χ1) is 21.1. The summed E-state index contributed by atoms with van der Waals surface area (Å²) in [6.45, 7) is 8.27. The Labute approximate surface area is 254 Å². The Morgan fingerprint density at radius 1 is 0.884 bits per heavy atom. The van der Waals surface area contributed by atoms with Crippen LogP contribution in [-0.2, 0) is 6.42 Å². The van der Waals surface area contributed by atoms with Gasteiger partial charge in [-0.2, -0.15) is 0 Å². The third-order valence-electron chi connectivity index (χ3n) is 9.00. The molecule has 0 spiro atoms. The van der Waals surface area contributed by atoms with Crippen molar-refractivity contribution in [3.63, 3.8) is 0 Å². The van der Waals surface area contributed by atoms with E-state index in [4.69, 9.17) is 0 Å². The summed E-state index contributed by atoms with van der Waals surface area (Å²) in [6.07, 6.45) is 14.0. The van der Waals surface area contributed by atoms with Crippen LogP contribution < -0.4 is 5.32 Å². The molecule has 0 aliphatic carbocycles. The summed E-state index contributed by atoms with van der Waals surface area (Å²) in [4.78, 5) is 2.29. The fourth-order valence-electron chi connectivity index (χ4n) is 6.66. The Morgan fingerprint density at radius 2 is 1.65 bits per heavy atom. The van der Waals surface area contributed by atoms with Crippen LogP contribution in [0.1, 0.15) is 28.3 Å². The first kappa shape index (κ1) is 26.9. The van der Waals surface area contributed by atoms with E-state index in [1.54, 1.807) is 0 Å². The Morgan fingerprint density at radius 3 is 2.37 bits per heavy atom. The third-order valence-corrected chi connectivity index (χ3v) is 9.00. The van der Waals surface area contributed by atoms with Gasteiger partial charge in [0.25, 0.3) is 0 Å². The van der Waals surface area contributed by atoms with Crippen molar-refractivity contribution < 1.29 is 0 Å². The highest BCUT2D eigenvalue weighted by atomic mass is 15.1. The highest BCUT2D eigenvalue weighted by molar-refractivity contribution is 6.09. The lowest BCUT2D eigenvalue weighted by Crippen LogP contribution is -2.27. The first-order valence-corrected chi connectivity index (χ1v) is 15.2. The molecule has 7 rings (SSSR count). The van der Waals surface area contributed by atoms with E-state index in [0.717, 1.165) is 25.2 Å². The number of allylic oxidation sites excluding steroid dienone is 5. The molecule has 212 valence electrons. The van der Waals surface area contributed by atoms with E-state index in [1.165, 1.54) is 61.0 Å². The fraction of sp³-hybridized carbons (Fsp3) is 0.150. The zero-order chi connectivity index (χ0) is 29.3. The van der Waals surface area contributed by atoms with Crippen LogP contribution in [0.5, 0.6) is 0 Å². The van der Waals surface area contributed by atoms with Crippen molar-refractivity contribution in [2.24, 2.45) is 0 Å². The summed E-state index contributed by atoms with van der Waals surface area (Å²) in [5.41, 5.74) is 11.4. The summed E-state index contributed by atoms with van der Waals surface area (Å²) in [5, 5.41) is 7.50. The molecule has 5 aromatic rings. The van der Waals surface area contributed by atoms with E-state index in [0.29, 0.717) is 0 Å². The Hall–Kier alpha value is -5.02. The average Bonchev–Trinajstić information content (AvgIpc) is 3.35. The van der Waals surface area contributed by atoms with Crippen molar-refractivity contribution in [1.82, 2.24) is 14.8 Å². The molecule has 0 saturated heterocycles. The van der Waals surface area contributed by atoms with Crippen LogP contribution >= 0.6 is 0 Å². The number of para-hydroxylation sites is 1. The molecule has 0 radical (unpaired) electrons. The number of nitrogens with one attached hydrogen (secondary N) is 1. The largest absolute Gasteiger partial charge is 0.380 e. The van der Waals surface area contributed by atoms with Gasteiger partial charge in [0.1, 0.15) is 0 Å². The van der Waals surface area contributed by atoms with Crippen molar-refractivity contribution in [1.29, 1.82) is 0 Å². The van der Waals surface area contributed by atoms with Gasteiger partial charge in [0.2, 0.25) is 0 Å². The van der Waals surface area contributed by atoms with Crippen molar-refractivity contribution in [3.05, 3.63) is 168 Å². The normalized spacial score (nSPS) is 15.6. The predicted octanol–water partition coefficient (Wildman–Crippen LogP) is 8.86. The predicted molar refractivity (Wildman–Crippen MR) is 183 cm³/mol. The lowest BCUT2D eigenvalue weighted by atomic mass is 9.93. The molecule has 1 atom stereocenters. The molecule has 43 heavy (non-hydrogen) atoms. The van der Waals surface area contributed by atoms with Gasteiger partial charge in [-0.25, -0.2) is 0 Å². The smallest absolute Gasteiger partial charge is 0.0612 e. The Balaban J connectivity index is 1.33. The van der Waals surface area contributed by atoms with Crippen molar-refractivity contribution in [3.8, 4) is 5.69 Å². The molecular formula is C40H37N3. The van der Waals surface area contributed by atoms with Crippen LogP contribution in [0, 0.1) is 6.92 Å². The average molecular weight is 560 g/mol. The summed E-state index contributed by atoms with van der Waals surface area (Å²) in [5.74, 6) is 0.229. The number of hydrogen-bond acceptors (Lipinski definition) is 2. The van der Waals surface area contributed by atoms with E-state index >= 15 is 0 Å². The van der Waals surface area contributed by atoms with Crippen molar-refractivity contribution >= 4 is 27.4 Å².